The van der Waals surface area contributed by atoms with Crippen LogP contribution in [0.2, 0.25) is 0 Å². The maximum Gasteiger partial charge on any atom is 0.414 e. The lowest BCUT2D eigenvalue weighted by Crippen LogP contribution is -2.34. The van der Waals surface area contributed by atoms with Gasteiger partial charge in [-0.1, -0.05) is 0 Å². The zero-order valence-corrected chi connectivity index (χ0v) is 12.6. The van der Waals surface area contributed by atoms with Crippen LogP contribution in [0.4, 0.5) is 30.1 Å². The van der Waals surface area contributed by atoms with Gasteiger partial charge in [-0.05, 0) is 12.1 Å². The van der Waals surface area contributed by atoms with E-state index in [0.29, 0.717) is 5.56 Å². The molecule has 2 heterocycles. The predicted molar refractivity (Wildman–Crippen MR) is 78.6 cm³/mol. The zero-order chi connectivity index (χ0) is 17.4. The number of cyclic esters (lactones) is 2. The molecule has 0 radical (unpaired) electrons. The molecule has 10 heteroatoms. The maximum atomic E-state index is 14.4. The van der Waals surface area contributed by atoms with Crippen LogP contribution in [0, 0.1) is 5.82 Å². The smallest absolute Gasteiger partial charge is 0.414 e. The highest BCUT2D eigenvalue weighted by molar-refractivity contribution is 5.93. The fourth-order valence-electron chi connectivity index (χ4n) is 2.65. The molecule has 2 aliphatic heterocycles. The summed E-state index contributed by atoms with van der Waals surface area (Å²) < 4.78 is 24.3. The number of hydrogen-bond acceptors (Lipinski definition) is 5. The minimum atomic E-state index is -1.23. The Morgan fingerprint density at radius 3 is 2.88 bits per heavy atom. The first-order valence-electron chi connectivity index (χ1n) is 7.04. The Bertz CT molecular complexity index is 725. The summed E-state index contributed by atoms with van der Waals surface area (Å²) in [6.07, 6.45) is -3.26. The van der Waals surface area contributed by atoms with Crippen molar-refractivity contribution >= 4 is 29.7 Å². The molecular formula is C14H14FN3O6. The number of carboxylic acid groups (broad SMARTS) is 1. The van der Waals surface area contributed by atoms with Crippen molar-refractivity contribution in [2.75, 3.05) is 29.9 Å². The largest absolute Gasteiger partial charge is 0.465 e. The number of carbonyl (C=O) groups excluding carboxylic acids is 2. The number of anilines is 2. The SMILES string of the molecule is CN1C(=O)OCc2cc(N3CC(CNC(=O)O)OC3=O)cc(F)c21. The standard InChI is InChI=1S/C14H14FN3O6/c1-17-11-7(6-23-13(17)21)2-8(3-10(11)15)18-5-9(24-14(18)22)4-16-12(19)20/h2-3,9,16H,4-6H2,1H3,(H,19,20). The summed E-state index contributed by atoms with van der Waals surface area (Å²) in [7, 11) is 1.39. The molecule has 1 saturated heterocycles. The van der Waals surface area contributed by atoms with Crippen molar-refractivity contribution in [3.8, 4) is 0 Å². The van der Waals surface area contributed by atoms with Crippen LogP contribution in [0.1, 0.15) is 5.56 Å². The minimum Gasteiger partial charge on any atom is -0.465 e. The molecule has 1 atom stereocenters. The number of nitrogens with zero attached hydrogens (tertiary/aromatic N) is 2. The molecule has 2 aliphatic rings. The van der Waals surface area contributed by atoms with Crippen molar-refractivity contribution in [2.24, 2.45) is 0 Å². The summed E-state index contributed by atoms with van der Waals surface area (Å²) in [5.74, 6) is -0.665. The van der Waals surface area contributed by atoms with E-state index in [1.54, 1.807) is 0 Å². The number of amides is 3. The van der Waals surface area contributed by atoms with Gasteiger partial charge in [0.1, 0.15) is 18.5 Å². The molecule has 1 aromatic carbocycles. The van der Waals surface area contributed by atoms with E-state index >= 15 is 0 Å². The van der Waals surface area contributed by atoms with E-state index in [1.807, 2.05) is 0 Å². The van der Waals surface area contributed by atoms with E-state index in [-0.39, 0.29) is 31.1 Å². The van der Waals surface area contributed by atoms with Crippen LogP contribution in [0.25, 0.3) is 0 Å². The Balaban J connectivity index is 1.83. The van der Waals surface area contributed by atoms with Crippen molar-refractivity contribution in [2.45, 2.75) is 12.7 Å². The van der Waals surface area contributed by atoms with E-state index < -0.39 is 30.2 Å². The van der Waals surface area contributed by atoms with Gasteiger partial charge in [0.05, 0.1) is 24.5 Å². The summed E-state index contributed by atoms with van der Waals surface area (Å²) in [6.45, 7) is -0.0888. The third kappa shape index (κ3) is 2.77. The number of rotatable bonds is 3. The molecule has 0 saturated carbocycles. The Kier molecular flexibility index (Phi) is 3.87. The molecule has 0 spiro atoms. The summed E-state index contributed by atoms with van der Waals surface area (Å²) in [4.78, 5) is 36.2. The molecule has 24 heavy (non-hydrogen) atoms. The molecule has 3 amide bonds. The van der Waals surface area contributed by atoms with Crippen molar-refractivity contribution < 1.29 is 33.4 Å². The number of benzene rings is 1. The normalized spacial score (nSPS) is 19.7. The Labute approximate surface area is 135 Å². The fourth-order valence-corrected chi connectivity index (χ4v) is 2.65. The monoisotopic (exact) mass is 339 g/mol. The highest BCUT2D eigenvalue weighted by Crippen LogP contribution is 2.34. The van der Waals surface area contributed by atoms with Crippen LogP contribution in [-0.4, -0.2) is 49.6 Å². The predicted octanol–water partition coefficient (Wildman–Crippen LogP) is 1.50. The number of carbonyl (C=O) groups is 3. The Morgan fingerprint density at radius 2 is 2.17 bits per heavy atom. The number of ether oxygens (including phenoxy) is 2. The first-order chi connectivity index (χ1) is 11.4. The topological polar surface area (TPSA) is 108 Å². The summed E-state index contributed by atoms with van der Waals surface area (Å²) in [6, 6.07) is 2.66. The highest BCUT2D eigenvalue weighted by Gasteiger charge is 2.34. The molecule has 2 N–H and O–H groups in total. The molecule has 3 rings (SSSR count). The minimum absolute atomic E-state index is 0.0641. The summed E-state index contributed by atoms with van der Waals surface area (Å²) in [5, 5.41) is 10.7. The number of halogens is 1. The molecule has 1 unspecified atom stereocenters. The van der Waals surface area contributed by atoms with Crippen molar-refractivity contribution in [1.29, 1.82) is 0 Å². The Morgan fingerprint density at radius 1 is 1.42 bits per heavy atom. The van der Waals surface area contributed by atoms with E-state index in [0.717, 1.165) is 11.0 Å². The lowest BCUT2D eigenvalue weighted by atomic mass is 10.1. The van der Waals surface area contributed by atoms with Crippen molar-refractivity contribution in [3.05, 3.63) is 23.5 Å². The first-order valence-corrected chi connectivity index (χ1v) is 7.04. The number of nitrogens with one attached hydrogen (secondary N) is 1. The van der Waals surface area contributed by atoms with Crippen LogP contribution < -0.4 is 15.1 Å². The zero-order valence-electron chi connectivity index (χ0n) is 12.6. The lowest BCUT2D eigenvalue weighted by molar-refractivity contribution is 0.136. The number of fused-ring (bicyclic) bond motifs is 1. The average Bonchev–Trinajstić information content (AvgIpc) is 2.89. The van der Waals surface area contributed by atoms with Gasteiger partial charge in [-0.15, -0.1) is 0 Å². The second kappa shape index (κ2) is 5.87. The third-order valence-corrected chi connectivity index (χ3v) is 3.75. The second-order valence-electron chi connectivity index (χ2n) is 5.35. The lowest BCUT2D eigenvalue weighted by Gasteiger charge is -2.27. The van der Waals surface area contributed by atoms with E-state index in [4.69, 9.17) is 14.6 Å². The van der Waals surface area contributed by atoms with E-state index in [1.165, 1.54) is 18.0 Å². The van der Waals surface area contributed by atoms with Crippen LogP contribution in [0.15, 0.2) is 12.1 Å². The van der Waals surface area contributed by atoms with Gasteiger partial charge in [-0.2, -0.15) is 0 Å². The van der Waals surface area contributed by atoms with Gasteiger partial charge in [0, 0.05) is 12.6 Å². The average molecular weight is 339 g/mol. The molecule has 1 fully saturated rings. The van der Waals surface area contributed by atoms with Gasteiger partial charge < -0.3 is 19.9 Å². The van der Waals surface area contributed by atoms with E-state index in [9.17, 15) is 18.8 Å². The fraction of sp³-hybridized carbons (Fsp3) is 0.357. The van der Waals surface area contributed by atoms with Crippen LogP contribution in [0.5, 0.6) is 0 Å². The van der Waals surface area contributed by atoms with Crippen LogP contribution in [-0.2, 0) is 16.1 Å². The summed E-state index contributed by atoms with van der Waals surface area (Å²) >= 11 is 0. The molecule has 0 bridgehead atoms. The number of hydrogen-bond donors (Lipinski definition) is 2. The van der Waals surface area contributed by atoms with Gasteiger partial charge in [0.15, 0.2) is 0 Å². The van der Waals surface area contributed by atoms with Gasteiger partial charge in [0.2, 0.25) is 0 Å². The Hall–Kier alpha value is -3.04. The second-order valence-corrected chi connectivity index (χ2v) is 5.35. The van der Waals surface area contributed by atoms with Crippen LogP contribution >= 0.6 is 0 Å². The molecule has 1 aromatic rings. The quantitative estimate of drug-likeness (QED) is 0.864. The van der Waals surface area contributed by atoms with Gasteiger partial charge in [0.25, 0.3) is 0 Å². The van der Waals surface area contributed by atoms with Gasteiger partial charge in [-0.25, -0.2) is 18.8 Å². The van der Waals surface area contributed by atoms with E-state index in [2.05, 4.69) is 5.32 Å². The van der Waals surface area contributed by atoms with Crippen LogP contribution in [0.3, 0.4) is 0 Å². The molecule has 0 aliphatic carbocycles. The maximum absolute atomic E-state index is 14.4. The van der Waals surface area contributed by atoms with Gasteiger partial charge in [-0.3, -0.25) is 9.80 Å². The van der Waals surface area contributed by atoms with Crippen molar-refractivity contribution in [3.63, 3.8) is 0 Å². The first kappa shape index (κ1) is 15.8. The molecule has 128 valence electrons. The van der Waals surface area contributed by atoms with Crippen molar-refractivity contribution in [1.82, 2.24) is 5.32 Å². The molecular weight excluding hydrogens is 325 g/mol. The third-order valence-electron chi connectivity index (χ3n) is 3.75. The molecule has 0 aromatic heterocycles. The highest BCUT2D eigenvalue weighted by atomic mass is 19.1. The van der Waals surface area contributed by atoms with Gasteiger partial charge >= 0.3 is 18.3 Å². The molecule has 9 nitrogen and oxygen atoms in total. The summed E-state index contributed by atoms with van der Waals surface area (Å²) in [5.41, 5.74) is 0.777.